The lowest BCUT2D eigenvalue weighted by Crippen LogP contribution is -2.44. The van der Waals surface area contributed by atoms with Gasteiger partial charge in [-0.05, 0) is 31.1 Å². The molecule has 1 saturated heterocycles. The van der Waals surface area contributed by atoms with E-state index in [1.54, 1.807) is 0 Å². The van der Waals surface area contributed by atoms with Gasteiger partial charge in [0.05, 0.1) is 0 Å². The van der Waals surface area contributed by atoms with Crippen molar-refractivity contribution in [1.29, 1.82) is 0 Å². The SMILES string of the molecule is c1cncc(CNCCCN2CCNCC2)c1. The van der Waals surface area contributed by atoms with Crippen molar-refractivity contribution in [2.45, 2.75) is 13.0 Å². The number of nitrogens with one attached hydrogen (secondary N) is 2. The summed E-state index contributed by atoms with van der Waals surface area (Å²) in [6.07, 6.45) is 4.96. The Labute approximate surface area is 103 Å². The smallest absolute Gasteiger partial charge is 0.0312 e. The van der Waals surface area contributed by atoms with Crippen LogP contribution in [0, 0.1) is 0 Å². The van der Waals surface area contributed by atoms with Crippen LogP contribution in [-0.4, -0.2) is 49.2 Å². The van der Waals surface area contributed by atoms with E-state index in [0.717, 1.165) is 26.2 Å². The Morgan fingerprint density at radius 1 is 1.35 bits per heavy atom. The molecule has 1 aliphatic rings. The van der Waals surface area contributed by atoms with E-state index >= 15 is 0 Å². The topological polar surface area (TPSA) is 40.2 Å². The van der Waals surface area contributed by atoms with Gasteiger partial charge >= 0.3 is 0 Å². The van der Waals surface area contributed by atoms with E-state index in [0.29, 0.717) is 0 Å². The molecular weight excluding hydrogens is 212 g/mol. The van der Waals surface area contributed by atoms with Crippen molar-refractivity contribution in [3.8, 4) is 0 Å². The van der Waals surface area contributed by atoms with Crippen molar-refractivity contribution in [3.05, 3.63) is 30.1 Å². The molecule has 2 rings (SSSR count). The number of pyridine rings is 1. The molecule has 4 heteroatoms. The molecule has 0 saturated carbocycles. The van der Waals surface area contributed by atoms with Gasteiger partial charge in [-0.15, -0.1) is 0 Å². The highest BCUT2D eigenvalue weighted by molar-refractivity contribution is 5.07. The van der Waals surface area contributed by atoms with Crippen molar-refractivity contribution >= 4 is 0 Å². The summed E-state index contributed by atoms with van der Waals surface area (Å²) in [4.78, 5) is 6.63. The third kappa shape index (κ3) is 4.81. The maximum atomic E-state index is 4.10. The zero-order valence-corrected chi connectivity index (χ0v) is 10.4. The lowest BCUT2D eigenvalue weighted by molar-refractivity contribution is 0.237. The molecule has 1 aromatic heterocycles. The van der Waals surface area contributed by atoms with Crippen LogP contribution in [0.4, 0.5) is 0 Å². The van der Waals surface area contributed by atoms with E-state index in [-0.39, 0.29) is 0 Å². The summed E-state index contributed by atoms with van der Waals surface area (Å²) in [6, 6.07) is 4.09. The van der Waals surface area contributed by atoms with Gasteiger partial charge in [0.2, 0.25) is 0 Å². The molecule has 4 nitrogen and oxygen atoms in total. The van der Waals surface area contributed by atoms with E-state index < -0.39 is 0 Å². The first kappa shape index (κ1) is 12.5. The molecule has 17 heavy (non-hydrogen) atoms. The lowest BCUT2D eigenvalue weighted by atomic mass is 10.3. The summed E-state index contributed by atoms with van der Waals surface area (Å²) < 4.78 is 0. The van der Waals surface area contributed by atoms with E-state index in [1.807, 2.05) is 18.5 Å². The highest BCUT2D eigenvalue weighted by Gasteiger charge is 2.07. The van der Waals surface area contributed by atoms with Gasteiger partial charge in [-0.3, -0.25) is 4.98 Å². The maximum Gasteiger partial charge on any atom is 0.0312 e. The van der Waals surface area contributed by atoms with Crippen LogP contribution >= 0.6 is 0 Å². The first-order chi connectivity index (χ1) is 8.45. The van der Waals surface area contributed by atoms with Crippen molar-refractivity contribution in [2.24, 2.45) is 0 Å². The van der Waals surface area contributed by atoms with Gasteiger partial charge in [-0.25, -0.2) is 0 Å². The highest BCUT2D eigenvalue weighted by Crippen LogP contribution is 1.96. The molecule has 0 aromatic carbocycles. The molecule has 94 valence electrons. The quantitative estimate of drug-likeness (QED) is 0.702. The summed E-state index contributed by atoms with van der Waals surface area (Å²) >= 11 is 0. The minimum absolute atomic E-state index is 0.926. The van der Waals surface area contributed by atoms with Crippen molar-refractivity contribution in [2.75, 3.05) is 39.3 Å². The van der Waals surface area contributed by atoms with Crippen molar-refractivity contribution < 1.29 is 0 Å². The third-order valence-corrected chi connectivity index (χ3v) is 3.09. The fourth-order valence-corrected chi connectivity index (χ4v) is 2.10. The maximum absolute atomic E-state index is 4.10. The number of rotatable bonds is 6. The van der Waals surface area contributed by atoms with Crippen LogP contribution in [0.2, 0.25) is 0 Å². The Morgan fingerprint density at radius 2 is 2.24 bits per heavy atom. The van der Waals surface area contributed by atoms with Gasteiger partial charge in [0.25, 0.3) is 0 Å². The average Bonchev–Trinajstić information content (AvgIpc) is 2.41. The Morgan fingerprint density at radius 3 is 3.00 bits per heavy atom. The molecule has 1 aliphatic heterocycles. The zero-order chi connectivity index (χ0) is 11.8. The van der Waals surface area contributed by atoms with Crippen LogP contribution < -0.4 is 10.6 Å². The Bertz CT molecular complexity index is 296. The van der Waals surface area contributed by atoms with Crippen molar-refractivity contribution in [3.63, 3.8) is 0 Å². The predicted octanol–water partition coefficient (Wildman–Crippen LogP) is 0.467. The molecule has 2 heterocycles. The molecule has 0 bridgehead atoms. The summed E-state index contributed by atoms with van der Waals surface area (Å²) in [5.41, 5.74) is 1.26. The second kappa shape index (κ2) is 7.37. The number of aromatic nitrogens is 1. The minimum atomic E-state index is 0.926. The Hall–Kier alpha value is -0.970. The molecule has 1 fully saturated rings. The summed E-state index contributed by atoms with van der Waals surface area (Å²) in [5.74, 6) is 0. The Balaban J connectivity index is 1.51. The number of nitrogens with zero attached hydrogens (tertiary/aromatic N) is 2. The highest BCUT2D eigenvalue weighted by atomic mass is 15.2. The van der Waals surface area contributed by atoms with Gasteiger partial charge < -0.3 is 15.5 Å². The normalized spacial score (nSPS) is 17.2. The monoisotopic (exact) mass is 234 g/mol. The van der Waals surface area contributed by atoms with Gasteiger partial charge in [0.15, 0.2) is 0 Å². The number of hydrogen-bond acceptors (Lipinski definition) is 4. The molecular formula is C13H22N4. The van der Waals surface area contributed by atoms with Gasteiger partial charge in [0, 0.05) is 45.1 Å². The standard InChI is InChI=1S/C13H22N4/c1-3-13(11-15-4-1)12-16-5-2-8-17-9-6-14-7-10-17/h1,3-4,11,14,16H,2,5-10,12H2. The fourth-order valence-electron chi connectivity index (χ4n) is 2.10. The van der Waals surface area contributed by atoms with E-state index in [9.17, 15) is 0 Å². The largest absolute Gasteiger partial charge is 0.314 e. The molecule has 0 radical (unpaired) electrons. The molecule has 0 atom stereocenters. The van der Waals surface area contributed by atoms with Gasteiger partial charge in [-0.1, -0.05) is 6.07 Å². The third-order valence-electron chi connectivity index (χ3n) is 3.09. The molecule has 0 spiro atoms. The number of hydrogen-bond donors (Lipinski definition) is 2. The average molecular weight is 234 g/mol. The molecule has 1 aromatic rings. The molecule has 0 unspecified atom stereocenters. The molecule has 0 aliphatic carbocycles. The van der Waals surface area contributed by atoms with Crippen LogP contribution in [0.25, 0.3) is 0 Å². The first-order valence-corrected chi connectivity index (χ1v) is 6.48. The van der Waals surface area contributed by atoms with Crippen LogP contribution in [-0.2, 0) is 6.54 Å². The van der Waals surface area contributed by atoms with Crippen LogP contribution in [0.3, 0.4) is 0 Å². The molecule has 0 amide bonds. The summed E-state index contributed by atoms with van der Waals surface area (Å²) in [7, 11) is 0. The van der Waals surface area contributed by atoms with Gasteiger partial charge in [-0.2, -0.15) is 0 Å². The van der Waals surface area contributed by atoms with E-state index in [2.05, 4.69) is 26.6 Å². The van der Waals surface area contributed by atoms with Crippen LogP contribution in [0.1, 0.15) is 12.0 Å². The zero-order valence-electron chi connectivity index (χ0n) is 10.4. The summed E-state index contributed by atoms with van der Waals surface area (Å²) in [5, 5.41) is 6.83. The van der Waals surface area contributed by atoms with Crippen LogP contribution in [0.5, 0.6) is 0 Å². The molecule has 2 N–H and O–H groups in total. The second-order valence-corrected chi connectivity index (χ2v) is 4.48. The second-order valence-electron chi connectivity index (χ2n) is 4.48. The Kier molecular flexibility index (Phi) is 5.42. The number of piperazine rings is 1. The van der Waals surface area contributed by atoms with Gasteiger partial charge in [0.1, 0.15) is 0 Å². The minimum Gasteiger partial charge on any atom is -0.314 e. The van der Waals surface area contributed by atoms with E-state index in [4.69, 9.17) is 0 Å². The van der Waals surface area contributed by atoms with E-state index in [1.165, 1.54) is 31.6 Å². The predicted molar refractivity (Wildman–Crippen MR) is 69.9 cm³/mol. The van der Waals surface area contributed by atoms with Crippen LogP contribution in [0.15, 0.2) is 24.5 Å². The summed E-state index contributed by atoms with van der Waals surface area (Å²) in [6.45, 7) is 7.90. The fraction of sp³-hybridized carbons (Fsp3) is 0.615. The first-order valence-electron chi connectivity index (χ1n) is 6.48. The lowest BCUT2D eigenvalue weighted by Gasteiger charge is -2.27. The van der Waals surface area contributed by atoms with Crippen molar-refractivity contribution in [1.82, 2.24) is 20.5 Å².